The van der Waals surface area contributed by atoms with Gasteiger partial charge >= 0.3 is 0 Å². The van der Waals surface area contributed by atoms with Crippen molar-refractivity contribution in [2.45, 2.75) is 18.2 Å². The molecule has 0 saturated heterocycles. The molecule has 0 saturated carbocycles. The van der Waals surface area contributed by atoms with E-state index in [4.69, 9.17) is 14.2 Å². The van der Waals surface area contributed by atoms with Crippen LogP contribution in [0.4, 0.5) is 5.69 Å². The van der Waals surface area contributed by atoms with Gasteiger partial charge in [-0.05, 0) is 37.6 Å². The molecular formula is C21H28N2O6S. The van der Waals surface area contributed by atoms with Crippen LogP contribution in [0.25, 0.3) is 0 Å². The van der Waals surface area contributed by atoms with E-state index >= 15 is 0 Å². The normalized spacial score (nSPS) is 11.0. The van der Waals surface area contributed by atoms with E-state index < -0.39 is 15.9 Å². The summed E-state index contributed by atoms with van der Waals surface area (Å²) in [4.78, 5) is 12.5. The molecule has 0 aromatic heterocycles. The van der Waals surface area contributed by atoms with Gasteiger partial charge in [0.1, 0.15) is 6.54 Å². The molecule has 2 aromatic carbocycles. The number of sulfonamides is 1. The summed E-state index contributed by atoms with van der Waals surface area (Å²) in [7, 11) is -1.13. The topological polar surface area (TPSA) is 94.2 Å². The molecule has 30 heavy (non-hydrogen) atoms. The molecule has 8 nitrogen and oxygen atoms in total. The Hall–Kier alpha value is -2.78. The fourth-order valence-corrected chi connectivity index (χ4v) is 4.18. The summed E-state index contributed by atoms with van der Waals surface area (Å²) in [5, 5.41) is 2.74. The predicted molar refractivity (Wildman–Crippen MR) is 115 cm³/mol. The van der Waals surface area contributed by atoms with Crippen LogP contribution in [0.2, 0.25) is 0 Å². The van der Waals surface area contributed by atoms with Crippen LogP contribution in [-0.4, -0.2) is 54.8 Å². The number of benzene rings is 2. The predicted octanol–water partition coefficient (Wildman–Crippen LogP) is 2.44. The molecule has 2 rings (SSSR count). The monoisotopic (exact) mass is 436 g/mol. The average Bonchev–Trinajstić information content (AvgIpc) is 2.77. The summed E-state index contributed by atoms with van der Waals surface area (Å²) in [6.45, 7) is 3.09. The molecule has 9 heteroatoms. The first-order valence-electron chi connectivity index (χ1n) is 9.58. The van der Waals surface area contributed by atoms with E-state index in [-0.39, 0.29) is 17.2 Å². The summed E-state index contributed by atoms with van der Waals surface area (Å²) in [5.74, 6) is 0.293. The van der Waals surface area contributed by atoms with Crippen LogP contribution in [-0.2, 0) is 19.6 Å². The molecule has 1 N–H and O–H groups in total. The minimum Gasteiger partial charge on any atom is -0.493 e. The number of hydrogen-bond donors (Lipinski definition) is 1. The first kappa shape index (κ1) is 23.5. The molecule has 0 heterocycles. The Balaban J connectivity index is 2.27. The van der Waals surface area contributed by atoms with Crippen LogP contribution >= 0.6 is 0 Å². The molecule has 0 aliphatic heterocycles. The number of anilines is 1. The number of nitrogens with zero attached hydrogens (tertiary/aromatic N) is 1. The van der Waals surface area contributed by atoms with Gasteiger partial charge in [0, 0.05) is 25.8 Å². The molecule has 164 valence electrons. The Kier molecular flexibility index (Phi) is 8.94. The van der Waals surface area contributed by atoms with Crippen molar-refractivity contribution >= 4 is 21.6 Å². The summed E-state index contributed by atoms with van der Waals surface area (Å²) < 4.78 is 43.5. The highest BCUT2D eigenvalue weighted by molar-refractivity contribution is 7.92. The molecule has 0 aliphatic rings. The second-order valence-electron chi connectivity index (χ2n) is 6.26. The van der Waals surface area contributed by atoms with Crippen molar-refractivity contribution in [1.29, 1.82) is 0 Å². The van der Waals surface area contributed by atoms with E-state index in [1.165, 1.54) is 32.4 Å². The Bertz CT molecular complexity index is 918. The summed E-state index contributed by atoms with van der Waals surface area (Å²) in [5.41, 5.74) is 0.386. The lowest BCUT2D eigenvalue weighted by Gasteiger charge is -2.24. The second-order valence-corrected chi connectivity index (χ2v) is 8.13. The maximum atomic E-state index is 13.4. The first-order valence-corrected chi connectivity index (χ1v) is 11.0. The van der Waals surface area contributed by atoms with Crippen molar-refractivity contribution in [2.24, 2.45) is 0 Å². The van der Waals surface area contributed by atoms with E-state index in [9.17, 15) is 13.2 Å². The fourth-order valence-electron chi connectivity index (χ4n) is 2.75. The van der Waals surface area contributed by atoms with E-state index in [0.29, 0.717) is 37.6 Å². The van der Waals surface area contributed by atoms with Crippen LogP contribution < -0.4 is 19.1 Å². The van der Waals surface area contributed by atoms with Gasteiger partial charge in [0.25, 0.3) is 10.0 Å². The zero-order chi connectivity index (χ0) is 22.0. The van der Waals surface area contributed by atoms with Crippen LogP contribution in [0, 0.1) is 0 Å². The zero-order valence-corrected chi connectivity index (χ0v) is 18.3. The lowest BCUT2D eigenvalue weighted by atomic mass is 10.3. The van der Waals surface area contributed by atoms with Crippen molar-refractivity contribution in [3.63, 3.8) is 0 Å². The number of rotatable bonds is 12. The van der Waals surface area contributed by atoms with E-state index in [1.54, 1.807) is 30.3 Å². The highest BCUT2D eigenvalue weighted by Crippen LogP contribution is 2.32. The van der Waals surface area contributed by atoms with Crippen molar-refractivity contribution in [3.05, 3.63) is 48.5 Å². The minimum absolute atomic E-state index is 0.00634. The SMILES string of the molecule is CCOCCCNC(=O)CN(c1ccccc1)S(=O)(=O)c1ccc(OC)c(OC)c1. The highest BCUT2D eigenvalue weighted by Gasteiger charge is 2.28. The molecule has 0 fully saturated rings. The molecule has 0 spiro atoms. The molecule has 0 radical (unpaired) electrons. The second kappa shape index (κ2) is 11.4. The molecule has 0 atom stereocenters. The van der Waals surface area contributed by atoms with Crippen molar-refractivity contribution in [2.75, 3.05) is 44.8 Å². The van der Waals surface area contributed by atoms with Gasteiger partial charge in [-0.15, -0.1) is 0 Å². The maximum absolute atomic E-state index is 13.4. The lowest BCUT2D eigenvalue weighted by Crippen LogP contribution is -2.41. The van der Waals surface area contributed by atoms with Gasteiger partial charge in [0.15, 0.2) is 11.5 Å². The molecule has 0 unspecified atom stereocenters. The van der Waals surface area contributed by atoms with Gasteiger partial charge in [-0.25, -0.2) is 8.42 Å². The molecule has 0 bridgehead atoms. The molecular weight excluding hydrogens is 408 g/mol. The van der Waals surface area contributed by atoms with Gasteiger partial charge < -0.3 is 19.5 Å². The van der Waals surface area contributed by atoms with Gasteiger partial charge in [0.2, 0.25) is 5.91 Å². The van der Waals surface area contributed by atoms with Gasteiger partial charge in [0.05, 0.1) is 24.8 Å². The van der Waals surface area contributed by atoms with Gasteiger partial charge in [-0.1, -0.05) is 18.2 Å². The van der Waals surface area contributed by atoms with Crippen molar-refractivity contribution < 1.29 is 27.4 Å². The highest BCUT2D eigenvalue weighted by atomic mass is 32.2. The smallest absolute Gasteiger partial charge is 0.264 e. The van der Waals surface area contributed by atoms with Gasteiger partial charge in [-0.2, -0.15) is 0 Å². The molecule has 1 amide bonds. The summed E-state index contributed by atoms with van der Waals surface area (Å²) in [6, 6.07) is 12.8. The molecule has 2 aromatic rings. The van der Waals surface area contributed by atoms with Gasteiger partial charge in [-0.3, -0.25) is 9.10 Å². The standard InChI is InChI=1S/C21H28N2O6S/c1-4-29-14-8-13-22-21(24)16-23(17-9-6-5-7-10-17)30(25,26)18-11-12-19(27-2)20(15-18)28-3/h5-7,9-12,15H,4,8,13-14,16H2,1-3H3,(H,22,24). The average molecular weight is 437 g/mol. The number of ether oxygens (including phenoxy) is 3. The Morgan fingerprint density at radius 2 is 1.73 bits per heavy atom. The van der Waals surface area contributed by atoms with E-state index in [0.717, 1.165) is 4.31 Å². The number of hydrogen-bond acceptors (Lipinski definition) is 6. The summed E-state index contributed by atoms with van der Waals surface area (Å²) in [6.07, 6.45) is 0.646. The third-order valence-electron chi connectivity index (χ3n) is 4.27. The van der Waals surface area contributed by atoms with Crippen molar-refractivity contribution in [1.82, 2.24) is 5.32 Å². The van der Waals surface area contributed by atoms with Crippen LogP contribution in [0.5, 0.6) is 11.5 Å². The van der Waals surface area contributed by atoms with Crippen LogP contribution in [0.15, 0.2) is 53.4 Å². The van der Waals surface area contributed by atoms with E-state index in [2.05, 4.69) is 5.32 Å². The largest absolute Gasteiger partial charge is 0.493 e. The quantitative estimate of drug-likeness (QED) is 0.514. The van der Waals surface area contributed by atoms with E-state index in [1.807, 2.05) is 6.92 Å². The number of amides is 1. The number of carbonyl (C=O) groups is 1. The maximum Gasteiger partial charge on any atom is 0.264 e. The number of para-hydroxylation sites is 1. The fraction of sp³-hybridized carbons (Fsp3) is 0.381. The number of methoxy groups -OCH3 is 2. The van der Waals surface area contributed by atoms with Crippen LogP contribution in [0.3, 0.4) is 0 Å². The first-order chi connectivity index (χ1) is 14.4. The number of carbonyl (C=O) groups excluding carboxylic acids is 1. The zero-order valence-electron chi connectivity index (χ0n) is 17.5. The lowest BCUT2D eigenvalue weighted by molar-refractivity contribution is -0.119. The third-order valence-corrected chi connectivity index (χ3v) is 6.04. The molecule has 0 aliphatic carbocycles. The minimum atomic E-state index is -4.03. The van der Waals surface area contributed by atoms with Crippen LogP contribution in [0.1, 0.15) is 13.3 Å². The Labute approximate surface area is 177 Å². The van der Waals surface area contributed by atoms with Crippen molar-refractivity contribution in [3.8, 4) is 11.5 Å². The number of nitrogens with one attached hydrogen (secondary N) is 1. The summed E-state index contributed by atoms with van der Waals surface area (Å²) >= 11 is 0. The Morgan fingerprint density at radius 1 is 1.03 bits per heavy atom. The third kappa shape index (κ3) is 6.11. The Morgan fingerprint density at radius 3 is 2.37 bits per heavy atom.